The standard InChI is InChI=1S/C15H12BrClN2/c16-11-6-2-4-8-13(11)18-9-14-15(17)10-5-1-3-7-12(10)19-14/h1-8,18-19H,9H2. The highest BCUT2D eigenvalue weighted by atomic mass is 79.9. The van der Waals surface area contributed by atoms with Crippen LogP contribution < -0.4 is 5.32 Å². The largest absolute Gasteiger partial charge is 0.379 e. The third-order valence-corrected chi connectivity index (χ3v) is 4.17. The van der Waals surface area contributed by atoms with Crippen molar-refractivity contribution in [3.8, 4) is 0 Å². The number of rotatable bonds is 3. The molecular formula is C15H12BrClN2. The van der Waals surface area contributed by atoms with Gasteiger partial charge >= 0.3 is 0 Å². The molecule has 0 radical (unpaired) electrons. The molecule has 0 atom stereocenters. The molecule has 0 aliphatic carbocycles. The van der Waals surface area contributed by atoms with Gasteiger partial charge in [-0.15, -0.1) is 0 Å². The third-order valence-electron chi connectivity index (χ3n) is 3.04. The zero-order valence-corrected chi connectivity index (χ0v) is 12.4. The number of benzene rings is 2. The predicted molar refractivity (Wildman–Crippen MR) is 84.8 cm³/mol. The Bertz CT molecular complexity index is 721. The van der Waals surface area contributed by atoms with E-state index in [4.69, 9.17) is 11.6 Å². The number of fused-ring (bicyclic) bond motifs is 1. The quantitative estimate of drug-likeness (QED) is 0.677. The van der Waals surface area contributed by atoms with Gasteiger partial charge in [-0.2, -0.15) is 0 Å². The maximum absolute atomic E-state index is 6.38. The van der Waals surface area contributed by atoms with Gasteiger partial charge in [-0.3, -0.25) is 0 Å². The van der Waals surface area contributed by atoms with Crippen LogP contribution in [0.15, 0.2) is 53.0 Å². The van der Waals surface area contributed by atoms with Gasteiger partial charge in [0, 0.05) is 21.1 Å². The van der Waals surface area contributed by atoms with Crippen molar-refractivity contribution in [2.75, 3.05) is 5.32 Å². The van der Waals surface area contributed by atoms with Crippen LogP contribution in [0.2, 0.25) is 5.02 Å². The molecule has 3 aromatic rings. The summed E-state index contributed by atoms with van der Waals surface area (Å²) in [5.74, 6) is 0. The molecule has 0 saturated heterocycles. The third kappa shape index (κ3) is 2.48. The molecule has 19 heavy (non-hydrogen) atoms. The molecular weight excluding hydrogens is 324 g/mol. The van der Waals surface area contributed by atoms with Crippen LogP contribution in [-0.4, -0.2) is 4.98 Å². The van der Waals surface area contributed by atoms with Crippen LogP contribution in [0.3, 0.4) is 0 Å². The van der Waals surface area contributed by atoms with E-state index in [1.165, 1.54) is 0 Å². The van der Waals surface area contributed by atoms with Crippen LogP contribution in [0.4, 0.5) is 5.69 Å². The van der Waals surface area contributed by atoms with Crippen molar-refractivity contribution in [2.24, 2.45) is 0 Å². The molecule has 2 N–H and O–H groups in total. The number of aromatic amines is 1. The maximum atomic E-state index is 6.38. The average Bonchev–Trinajstić information content (AvgIpc) is 2.75. The number of hydrogen-bond donors (Lipinski definition) is 2. The van der Waals surface area contributed by atoms with Crippen molar-refractivity contribution in [2.45, 2.75) is 6.54 Å². The maximum Gasteiger partial charge on any atom is 0.0710 e. The molecule has 4 heteroatoms. The van der Waals surface area contributed by atoms with Gasteiger partial charge in [0.25, 0.3) is 0 Å². The van der Waals surface area contributed by atoms with Gasteiger partial charge < -0.3 is 10.3 Å². The van der Waals surface area contributed by atoms with Gasteiger partial charge in [-0.25, -0.2) is 0 Å². The summed E-state index contributed by atoms with van der Waals surface area (Å²) in [6, 6.07) is 16.1. The first-order valence-corrected chi connectivity index (χ1v) is 7.16. The van der Waals surface area contributed by atoms with E-state index in [-0.39, 0.29) is 0 Å². The topological polar surface area (TPSA) is 27.8 Å². The molecule has 2 nitrogen and oxygen atoms in total. The van der Waals surface area contributed by atoms with Crippen molar-refractivity contribution in [1.82, 2.24) is 4.98 Å². The number of aromatic nitrogens is 1. The molecule has 0 saturated carbocycles. The van der Waals surface area contributed by atoms with Crippen LogP contribution >= 0.6 is 27.5 Å². The van der Waals surface area contributed by atoms with E-state index in [0.29, 0.717) is 6.54 Å². The molecule has 0 aliphatic rings. The number of anilines is 1. The second-order valence-corrected chi connectivity index (χ2v) is 5.53. The zero-order valence-electron chi connectivity index (χ0n) is 10.1. The first-order chi connectivity index (χ1) is 9.25. The minimum absolute atomic E-state index is 0.663. The lowest BCUT2D eigenvalue weighted by Gasteiger charge is -2.07. The Balaban J connectivity index is 1.86. The van der Waals surface area contributed by atoms with Gasteiger partial charge in [0.05, 0.1) is 17.3 Å². The molecule has 0 unspecified atom stereocenters. The highest BCUT2D eigenvalue weighted by molar-refractivity contribution is 9.10. The fourth-order valence-electron chi connectivity index (χ4n) is 2.07. The SMILES string of the molecule is Clc1c(CNc2ccccc2Br)[nH]c2ccccc12. The molecule has 0 spiro atoms. The van der Waals surface area contributed by atoms with E-state index < -0.39 is 0 Å². The van der Waals surface area contributed by atoms with Crippen LogP contribution in [0.5, 0.6) is 0 Å². The Labute approximate surface area is 124 Å². The molecule has 2 aromatic carbocycles. The lowest BCUT2D eigenvalue weighted by molar-refractivity contribution is 1.08. The van der Waals surface area contributed by atoms with Crippen LogP contribution in [-0.2, 0) is 6.54 Å². The van der Waals surface area contributed by atoms with E-state index in [0.717, 1.165) is 31.8 Å². The number of nitrogens with one attached hydrogen (secondary N) is 2. The van der Waals surface area contributed by atoms with Gasteiger partial charge in [0.2, 0.25) is 0 Å². The molecule has 0 bridgehead atoms. The summed E-state index contributed by atoms with van der Waals surface area (Å²) in [5, 5.41) is 5.22. The molecule has 1 aromatic heterocycles. The molecule has 96 valence electrons. The van der Waals surface area contributed by atoms with Crippen molar-refractivity contribution in [3.63, 3.8) is 0 Å². The number of H-pyrrole nitrogens is 1. The molecule has 0 amide bonds. The Morgan fingerprint density at radius 2 is 1.79 bits per heavy atom. The summed E-state index contributed by atoms with van der Waals surface area (Å²) in [5.41, 5.74) is 3.12. The number of para-hydroxylation sites is 2. The highest BCUT2D eigenvalue weighted by Crippen LogP contribution is 2.28. The predicted octanol–water partition coefficient (Wildman–Crippen LogP) is 5.20. The van der Waals surface area contributed by atoms with Crippen molar-refractivity contribution >= 4 is 44.1 Å². The van der Waals surface area contributed by atoms with E-state index in [1.807, 2.05) is 48.5 Å². The number of halogens is 2. The summed E-state index contributed by atoms with van der Waals surface area (Å²) in [6.45, 7) is 0.663. The van der Waals surface area contributed by atoms with E-state index in [9.17, 15) is 0 Å². The molecule has 3 rings (SSSR count). The molecule has 1 heterocycles. The second-order valence-electron chi connectivity index (χ2n) is 4.30. The fraction of sp³-hybridized carbons (Fsp3) is 0.0667. The van der Waals surface area contributed by atoms with E-state index >= 15 is 0 Å². The second kappa shape index (κ2) is 5.27. The Kier molecular flexibility index (Phi) is 3.49. The Hall–Kier alpha value is -1.45. The van der Waals surface area contributed by atoms with Gasteiger partial charge in [-0.1, -0.05) is 41.9 Å². The first-order valence-electron chi connectivity index (χ1n) is 5.99. The minimum atomic E-state index is 0.663. The smallest absolute Gasteiger partial charge is 0.0710 e. The first kappa shape index (κ1) is 12.6. The van der Waals surface area contributed by atoms with Crippen molar-refractivity contribution in [3.05, 3.63) is 63.7 Å². The number of hydrogen-bond acceptors (Lipinski definition) is 1. The van der Waals surface area contributed by atoms with E-state index in [2.05, 4.69) is 26.2 Å². The lowest BCUT2D eigenvalue weighted by atomic mass is 10.2. The lowest BCUT2D eigenvalue weighted by Crippen LogP contribution is -2.00. The summed E-state index contributed by atoms with van der Waals surface area (Å²) in [6.07, 6.45) is 0. The summed E-state index contributed by atoms with van der Waals surface area (Å²) < 4.78 is 1.04. The molecule has 0 aliphatic heterocycles. The van der Waals surface area contributed by atoms with Gasteiger partial charge in [-0.05, 0) is 34.1 Å². The average molecular weight is 336 g/mol. The van der Waals surface area contributed by atoms with E-state index in [1.54, 1.807) is 0 Å². The van der Waals surface area contributed by atoms with Crippen molar-refractivity contribution < 1.29 is 0 Å². The van der Waals surface area contributed by atoms with Crippen LogP contribution in [0.25, 0.3) is 10.9 Å². The Morgan fingerprint density at radius 1 is 1.05 bits per heavy atom. The monoisotopic (exact) mass is 334 g/mol. The van der Waals surface area contributed by atoms with Crippen LogP contribution in [0, 0.1) is 0 Å². The normalized spacial score (nSPS) is 10.8. The fourth-order valence-corrected chi connectivity index (χ4v) is 2.78. The molecule has 0 fully saturated rings. The minimum Gasteiger partial charge on any atom is -0.379 e. The zero-order chi connectivity index (χ0) is 13.2. The highest BCUT2D eigenvalue weighted by Gasteiger charge is 2.08. The van der Waals surface area contributed by atoms with Gasteiger partial charge in [0.15, 0.2) is 0 Å². The van der Waals surface area contributed by atoms with Crippen molar-refractivity contribution in [1.29, 1.82) is 0 Å². The summed E-state index contributed by atoms with van der Waals surface area (Å²) in [4.78, 5) is 3.34. The van der Waals surface area contributed by atoms with Gasteiger partial charge in [0.1, 0.15) is 0 Å². The summed E-state index contributed by atoms with van der Waals surface area (Å²) in [7, 11) is 0. The Morgan fingerprint density at radius 3 is 2.58 bits per heavy atom. The van der Waals surface area contributed by atoms with Crippen LogP contribution in [0.1, 0.15) is 5.69 Å². The summed E-state index contributed by atoms with van der Waals surface area (Å²) >= 11 is 9.90.